The van der Waals surface area contributed by atoms with Gasteiger partial charge in [-0.05, 0) is 37.0 Å². The Morgan fingerprint density at radius 2 is 2.10 bits per heavy atom. The van der Waals surface area contributed by atoms with E-state index >= 15 is 0 Å². The molecule has 0 unspecified atom stereocenters. The van der Waals surface area contributed by atoms with Crippen LogP contribution in [-0.2, 0) is 13.0 Å². The Bertz CT molecular complexity index is 1110. The second-order valence-corrected chi connectivity index (χ2v) is 8.45. The monoisotopic (exact) mass is 407 g/mol. The summed E-state index contributed by atoms with van der Waals surface area (Å²) >= 11 is 0. The van der Waals surface area contributed by atoms with E-state index in [4.69, 9.17) is 5.73 Å². The molecule has 4 rings (SSSR count). The van der Waals surface area contributed by atoms with E-state index in [9.17, 15) is 9.59 Å². The van der Waals surface area contributed by atoms with Crippen LogP contribution in [0.4, 0.5) is 5.69 Å². The first-order valence-electron chi connectivity index (χ1n) is 9.89. The van der Waals surface area contributed by atoms with Crippen molar-refractivity contribution in [2.75, 3.05) is 11.9 Å². The van der Waals surface area contributed by atoms with Crippen LogP contribution >= 0.6 is 0 Å². The number of nitrogens with two attached hydrogens (primary N) is 1. The van der Waals surface area contributed by atoms with E-state index in [0.717, 1.165) is 23.5 Å². The number of fused-ring (bicyclic) bond motifs is 1. The van der Waals surface area contributed by atoms with Gasteiger partial charge in [-0.3, -0.25) is 14.3 Å². The molecule has 2 aromatic heterocycles. The summed E-state index contributed by atoms with van der Waals surface area (Å²) in [6.07, 6.45) is 4.65. The molecule has 1 aliphatic rings. The molecule has 0 aliphatic heterocycles. The lowest BCUT2D eigenvalue weighted by Gasteiger charge is -2.29. The predicted octanol–water partition coefficient (Wildman–Crippen LogP) is 2.14. The first-order chi connectivity index (χ1) is 14.2. The van der Waals surface area contributed by atoms with E-state index in [1.54, 1.807) is 23.1 Å². The van der Waals surface area contributed by atoms with Gasteiger partial charge in [0, 0.05) is 24.8 Å². The number of ketones is 1. The van der Waals surface area contributed by atoms with E-state index in [0.29, 0.717) is 36.3 Å². The van der Waals surface area contributed by atoms with Crippen LogP contribution in [0.2, 0.25) is 0 Å². The zero-order valence-corrected chi connectivity index (χ0v) is 17.3. The zero-order valence-electron chi connectivity index (χ0n) is 17.3. The maximum Gasteiger partial charge on any atom is 0.250 e. The molecule has 0 bridgehead atoms. The van der Waals surface area contributed by atoms with Crippen LogP contribution in [0.25, 0.3) is 5.69 Å². The van der Waals surface area contributed by atoms with E-state index in [1.807, 2.05) is 23.7 Å². The molecule has 1 aromatic carbocycles. The van der Waals surface area contributed by atoms with Crippen LogP contribution in [0.1, 0.15) is 52.4 Å². The molecule has 0 fully saturated rings. The number of aromatic nitrogens is 5. The van der Waals surface area contributed by atoms with Crippen molar-refractivity contribution >= 4 is 17.4 Å². The highest BCUT2D eigenvalue weighted by Crippen LogP contribution is 2.37. The maximum atomic E-state index is 12.7. The molecular formula is C21H25N7O2. The largest absolute Gasteiger partial charge is 0.382 e. The number of Topliss-reactive ketones (excluding diaryl/α,β-unsaturated/α-hetero) is 1. The third-order valence-corrected chi connectivity index (χ3v) is 5.36. The highest BCUT2D eigenvalue weighted by molar-refractivity contribution is 6.00. The number of hydrogen-bond donors (Lipinski definition) is 2. The fourth-order valence-electron chi connectivity index (χ4n) is 4.04. The first-order valence-corrected chi connectivity index (χ1v) is 9.89. The summed E-state index contributed by atoms with van der Waals surface area (Å²) in [4.78, 5) is 24.6. The number of hydrogen-bond acceptors (Lipinski definition) is 6. The number of carbonyl (C=O) groups is 2. The van der Waals surface area contributed by atoms with Crippen LogP contribution in [-0.4, -0.2) is 43.0 Å². The Kier molecular flexibility index (Phi) is 4.89. The average Bonchev–Trinajstić information content (AvgIpc) is 3.28. The van der Waals surface area contributed by atoms with Crippen LogP contribution in [0.15, 0.2) is 30.6 Å². The van der Waals surface area contributed by atoms with Crippen LogP contribution < -0.4 is 11.1 Å². The molecule has 9 nitrogen and oxygen atoms in total. The summed E-state index contributed by atoms with van der Waals surface area (Å²) in [6.45, 7) is 7.17. The summed E-state index contributed by atoms with van der Waals surface area (Å²) in [5.41, 5.74) is 9.58. The Morgan fingerprint density at radius 3 is 2.80 bits per heavy atom. The molecule has 30 heavy (non-hydrogen) atoms. The van der Waals surface area contributed by atoms with Gasteiger partial charge >= 0.3 is 0 Å². The van der Waals surface area contributed by atoms with Crippen LogP contribution in [0.5, 0.6) is 0 Å². The Balaban J connectivity index is 1.69. The molecule has 0 radical (unpaired) electrons. The van der Waals surface area contributed by atoms with Gasteiger partial charge in [-0.1, -0.05) is 19.1 Å². The normalized spacial score (nSPS) is 15.1. The highest BCUT2D eigenvalue weighted by Gasteiger charge is 2.35. The van der Waals surface area contributed by atoms with E-state index in [2.05, 4.69) is 34.6 Å². The van der Waals surface area contributed by atoms with Gasteiger partial charge in [-0.2, -0.15) is 5.10 Å². The van der Waals surface area contributed by atoms with Gasteiger partial charge in [0.1, 0.15) is 0 Å². The topological polar surface area (TPSA) is 121 Å². The van der Waals surface area contributed by atoms with Crippen molar-refractivity contribution in [3.05, 3.63) is 53.1 Å². The molecule has 9 heteroatoms. The molecule has 156 valence electrons. The van der Waals surface area contributed by atoms with Gasteiger partial charge in [0.25, 0.3) is 5.91 Å². The number of primary amides is 1. The minimum absolute atomic E-state index is 0.125. The van der Waals surface area contributed by atoms with Crippen LogP contribution in [0, 0.1) is 12.3 Å². The third-order valence-electron chi connectivity index (χ3n) is 5.36. The van der Waals surface area contributed by atoms with Gasteiger partial charge in [-0.25, -0.2) is 4.68 Å². The molecule has 0 atom stereocenters. The quantitative estimate of drug-likeness (QED) is 0.646. The average molecular weight is 407 g/mol. The standard InChI is InChI=1S/C21H25N7O2/c1-13-19-17(11-21(2,3)12-18(19)29)28(25-13)14-4-5-15(20(22)30)16(10-14)23-6-8-27-9-7-24-26-27/h4-5,7,9-10,23H,6,8,11-12H2,1-3H3,(H2,22,30). The number of benzene rings is 1. The molecule has 1 amide bonds. The van der Waals surface area contributed by atoms with Crippen molar-refractivity contribution in [2.45, 2.75) is 40.2 Å². The van der Waals surface area contributed by atoms with Crippen molar-refractivity contribution in [1.82, 2.24) is 24.8 Å². The minimum Gasteiger partial charge on any atom is -0.382 e. The van der Waals surface area contributed by atoms with Gasteiger partial charge in [0.2, 0.25) is 0 Å². The second-order valence-electron chi connectivity index (χ2n) is 8.45. The molecular weight excluding hydrogens is 382 g/mol. The van der Waals surface area contributed by atoms with Gasteiger partial charge in [-0.15, -0.1) is 5.10 Å². The molecule has 2 heterocycles. The predicted molar refractivity (Wildman–Crippen MR) is 112 cm³/mol. The number of carbonyl (C=O) groups excluding carboxylic acids is 2. The molecule has 3 N–H and O–H groups in total. The number of rotatable bonds is 6. The van der Waals surface area contributed by atoms with Crippen molar-refractivity contribution < 1.29 is 9.59 Å². The minimum atomic E-state index is -0.514. The fraction of sp³-hybridized carbons (Fsp3) is 0.381. The second kappa shape index (κ2) is 7.40. The smallest absolute Gasteiger partial charge is 0.250 e. The van der Waals surface area contributed by atoms with Gasteiger partial charge in [0.15, 0.2) is 5.78 Å². The maximum absolute atomic E-state index is 12.7. The lowest BCUT2D eigenvalue weighted by molar-refractivity contribution is 0.0909. The van der Waals surface area contributed by atoms with Crippen molar-refractivity contribution in [3.8, 4) is 5.69 Å². The van der Waals surface area contributed by atoms with Gasteiger partial charge < -0.3 is 11.1 Å². The van der Waals surface area contributed by atoms with E-state index < -0.39 is 5.91 Å². The Labute approximate surface area is 174 Å². The molecule has 0 spiro atoms. The highest BCUT2D eigenvalue weighted by atomic mass is 16.1. The lowest BCUT2D eigenvalue weighted by Crippen LogP contribution is -2.28. The fourth-order valence-corrected chi connectivity index (χ4v) is 4.04. The van der Waals surface area contributed by atoms with Crippen molar-refractivity contribution in [3.63, 3.8) is 0 Å². The van der Waals surface area contributed by atoms with E-state index in [-0.39, 0.29) is 11.2 Å². The Morgan fingerprint density at radius 1 is 1.30 bits per heavy atom. The first kappa shape index (κ1) is 19.8. The molecule has 1 aliphatic carbocycles. The molecule has 3 aromatic rings. The SMILES string of the molecule is Cc1nn(-c2ccc(C(N)=O)c(NCCn3ccnn3)c2)c2c1C(=O)CC(C)(C)C2. The van der Waals surface area contributed by atoms with E-state index in [1.165, 1.54) is 0 Å². The summed E-state index contributed by atoms with van der Waals surface area (Å²) in [5.74, 6) is -0.385. The van der Waals surface area contributed by atoms with Crippen LogP contribution in [0.3, 0.4) is 0 Å². The summed E-state index contributed by atoms with van der Waals surface area (Å²) in [7, 11) is 0. The summed E-state index contributed by atoms with van der Waals surface area (Å²) < 4.78 is 3.51. The number of aryl methyl sites for hydroxylation is 1. The Hall–Kier alpha value is -3.49. The third kappa shape index (κ3) is 3.70. The number of nitrogens with one attached hydrogen (secondary N) is 1. The number of amides is 1. The lowest BCUT2D eigenvalue weighted by atomic mass is 9.75. The molecule has 0 saturated carbocycles. The summed E-state index contributed by atoms with van der Waals surface area (Å²) in [6, 6.07) is 5.34. The van der Waals surface area contributed by atoms with Crippen molar-refractivity contribution in [2.24, 2.45) is 11.1 Å². The zero-order chi connectivity index (χ0) is 21.5. The van der Waals surface area contributed by atoms with Gasteiger partial charge in [0.05, 0.1) is 40.9 Å². The molecule has 0 saturated heterocycles. The number of nitrogens with zero attached hydrogens (tertiary/aromatic N) is 5. The number of anilines is 1. The summed E-state index contributed by atoms with van der Waals surface area (Å²) in [5, 5.41) is 15.6. The van der Waals surface area contributed by atoms with Crippen molar-refractivity contribution in [1.29, 1.82) is 0 Å².